The van der Waals surface area contributed by atoms with Gasteiger partial charge >= 0.3 is 0 Å². The van der Waals surface area contributed by atoms with E-state index in [9.17, 15) is 5.26 Å². The fourth-order valence-corrected chi connectivity index (χ4v) is 2.81. The molecule has 0 spiro atoms. The molecule has 0 saturated heterocycles. The maximum atomic E-state index is 9.44. The van der Waals surface area contributed by atoms with Crippen LogP contribution in [0.25, 0.3) is 11.3 Å². The first kappa shape index (κ1) is 12.7. The van der Waals surface area contributed by atoms with Gasteiger partial charge in [-0.1, -0.05) is 6.07 Å². The fourth-order valence-electron chi connectivity index (χ4n) is 2.81. The average molecular weight is 263 g/mol. The van der Waals surface area contributed by atoms with E-state index >= 15 is 0 Å². The highest BCUT2D eigenvalue weighted by molar-refractivity contribution is 5.74. The van der Waals surface area contributed by atoms with Crippen molar-refractivity contribution < 1.29 is 0 Å². The number of hydrogen-bond donors (Lipinski definition) is 0. The molecule has 3 heteroatoms. The number of benzene rings is 1. The SMILES string of the molecule is Cc1cccc(-c2cc3c(cc2C#N)N(C)CCC3)n1. The third-order valence-corrected chi connectivity index (χ3v) is 3.85. The first-order valence-corrected chi connectivity index (χ1v) is 6.91. The highest BCUT2D eigenvalue weighted by Gasteiger charge is 2.18. The molecule has 0 amide bonds. The van der Waals surface area contributed by atoms with Crippen molar-refractivity contribution >= 4 is 5.69 Å². The molecule has 100 valence electrons. The third kappa shape index (κ3) is 2.14. The van der Waals surface area contributed by atoms with Gasteiger partial charge in [-0.15, -0.1) is 0 Å². The zero-order valence-corrected chi connectivity index (χ0v) is 11.8. The molecule has 1 aromatic carbocycles. The van der Waals surface area contributed by atoms with Crippen molar-refractivity contribution in [3.05, 3.63) is 47.2 Å². The Morgan fingerprint density at radius 1 is 1.30 bits per heavy atom. The Morgan fingerprint density at radius 3 is 2.90 bits per heavy atom. The summed E-state index contributed by atoms with van der Waals surface area (Å²) < 4.78 is 0. The van der Waals surface area contributed by atoms with E-state index in [2.05, 4.69) is 29.1 Å². The van der Waals surface area contributed by atoms with Gasteiger partial charge in [0.1, 0.15) is 0 Å². The molecule has 1 aliphatic rings. The molecular formula is C17H17N3. The van der Waals surface area contributed by atoms with Crippen LogP contribution < -0.4 is 4.90 Å². The largest absolute Gasteiger partial charge is 0.374 e. The van der Waals surface area contributed by atoms with E-state index < -0.39 is 0 Å². The van der Waals surface area contributed by atoms with Crippen LogP contribution in [0.15, 0.2) is 30.3 Å². The van der Waals surface area contributed by atoms with Crippen LogP contribution in [0.4, 0.5) is 5.69 Å². The average Bonchev–Trinajstić information content (AvgIpc) is 2.46. The predicted molar refractivity (Wildman–Crippen MR) is 80.7 cm³/mol. The highest BCUT2D eigenvalue weighted by atomic mass is 15.1. The zero-order valence-electron chi connectivity index (χ0n) is 11.8. The molecular weight excluding hydrogens is 246 g/mol. The third-order valence-electron chi connectivity index (χ3n) is 3.85. The van der Waals surface area contributed by atoms with Crippen molar-refractivity contribution in [2.75, 3.05) is 18.5 Å². The number of nitriles is 1. The maximum Gasteiger partial charge on any atom is 0.0999 e. The predicted octanol–water partition coefficient (Wildman–Crippen LogP) is 3.31. The van der Waals surface area contributed by atoms with Gasteiger partial charge in [0.25, 0.3) is 0 Å². The van der Waals surface area contributed by atoms with E-state index in [1.54, 1.807) is 0 Å². The molecule has 0 N–H and O–H groups in total. The zero-order chi connectivity index (χ0) is 14.1. The van der Waals surface area contributed by atoms with Crippen LogP contribution in [0.1, 0.15) is 23.2 Å². The van der Waals surface area contributed by atoms with Crippen LogP contribution >= 0.6 is 0 Å². The molecule has 0 radical (unpaired) electrons. The molecule has 0 bridgehead atoms. The number of aromatic nitrogens is 1. The summed E-state index contributed by atoms with van der Waals surface area (Å²) in [6.07, 6.45) is 2.24. The standard InChI is InChI=1S/C17H17N3/c1-12-5-3-7-16(19-12)15-9-13-6-4-8-20(2)17(13)10-14(15)11-18/h3,5,7,9-10H,4,6,8H2,1-2H3. The summed E-state index contributed by atoms with van der Waals surface area (Å²) in [5.74, 6) is 0. The van der Waals surface area contributed by atoms with Crippen LogP contribution in [-0.2, 0) is 6.42 Å². The summed E-state index contributed by atoms with van der Waals surface area (Å²) in [6.45, 7) is 3.03. The molecule has 3 rings (SSSR count). The van der Waals surface area contributed by atoms with Crippen molar-refractivity contribution in [3.63, 3.8) is 0 Å². The highest BCUT2D eigenvalue weighted by Crippen LogP contribution is 2.33. The van der Waals surface area contributed by atoms with Gasteiger partial charge in [-0.05, 0) is 49.6 Å². The molecule has 2 aromatic rings. The molecule has 0 atom stereocenters. The number of hydrogen-bond acceptors (Lipinski definition) is 3. The maximum absolute atomic E-state index is 9.44. The number of anilines is 1. The van der Waals surface area contributed by atoms with Crippen molar-refractivity contribution in [1.82, 2.24) is 4.98 Å². The minimum absolute atomic E-state index is 0.704. The minimum Gasteiger partial charge on any atom is -0.374 e. The Bertz CT molecular complexity index is 698. The van der Waals surface area contributed by atoms with Gasteiger partial charge in [0.15, 0.2) is 0 Å². The van der Waals surface area contributed by atoms with E-state index in [0.29, 0.717) is 5.56 Å². The lowest BCUT2D eigenvalue weighted by Crippen LogP contribution is -2.24. The van der Waals surface area contributed by atoms with Crippen LogP contribution in [0.5, 0.6) is 0 Å². The van der Waals surface area contributed by atoms with Gasteiger partial charge in [-0.2, -0.15) is 5.26 Å². The normalized spacial score (nSPS) is 13.8. The van der Waals surface area contributed by atoms with E-state index in [1.807, 2.05) is 31.2 Å². The number of aryl methyl sites for hydroxylation is 2. The molecule has 0 fully saturated rings. The molecule has 0 unspecified atom stereocenters. The molecule has 0 saturated carbocycles. The monoisotopic (exact) mass is 263 g/mol. The molecule has 2 heterocycles. The van der Waals surface area contributed by atoms with Crippen molar-refractivity contribution in [2.45, 2.75) is 19.8 Å². The summed E-state index contributed by atoms with van der Waals surface area (Å²) in [4.78, 5) is 6.78. The van der Waals surface area contributed by atoms with E-state index in [-0.39, 0.29) is 0 Å². The lowest BCUT2D eigenvalue weighted by molar-refractivity contribution is 0.744. The quantitative estimate of drug-likeness (QED) is 0.792. The number of fused-ring (bicyclic) bond motifs is 1. The first-order chi connectivity index (χ1) is 9.69. The minimum atomic E-state index is 0.704. The van der Waals surface area contributed by atoms with E-state index in [4.69, 9.17) is 0 Å². The van der Waals surface area contributed by atoms with Crippen LogP contribution in [0.3, 0.4) is 0 Å². The van der Waals surface area contributed by atoms with Crippen molar-refractivity contribution in [3.8, 4) is 17.3 Å². The van der Waals surface area contributed by atoms with Crippen LogP contribution in [-0.4, -0.2) is 18.6 Å². The summed E-state index contributed by atoms with van der Waals surface area (Å²) in [5.41, 5.74) is 6.01. The van der Waals surface area contributed by atoms with Crippen LogP contribution in [0.2, 0.25) is 0 Å². The number of nitrogens with zero attached hydrogens (tertiary/aromatic N) is 3. The smallest absolute Gasteiger partial charge is 0.0999 e. The Balaban J connectivity index is 2.19. The van der Waals surface area contributed by atoms with Gasteiger partial charge < -0.3 is 4.90 Å². The lowest BCUT2D eigenvalue weighted by atomic mass is 9.94. The van der Waals surface area contributed by atoms with Gasteiger partial charge in [0.2, 0.25) is 0 Å². The van der Waals surface area contributed by atoms with Gasteiger partial charge in [-0.3, -0.25) is 4.98 Å². The Labute approximate surface area is 119 Å². The van der Waals surface area contributed by atoms with Crippen molar-refractivity contribution in [2.24, 2.45) is 0 Å². The summed E-state index contributed by atoms with van der Waals surface area (Å²) in [7, 11) is 2.09. The molecule has 1 aliphatic heterocycles. The van der Waals surface area contributed by atoms with Gasteiger partial charge in [-0.25, -0.2) is 0 Å². The van der Waals surface area contributed by atoms with Crippen LogP contribution in [0, 0.1) is 18.3 Å². The van der Waals surface area contributed by atoms with Crippen molar-refractivity contribution in [1.29, 1.82) is 5.26 Å². The molecule has 20 heavy (non-hydrogen) atoms. The number of pyridine rings is 1. The summed E-state index contributed by atoms with van der Waals surface area (Å²) in [6, 6.07) is 12.4. The fraction of sp³-hybridized carbons (Fsp3) is 0.294. The van der Waals surface area contributed by atoms with E-state index in [0.717, 1.165) is 36.3 Å². The topological polar surface area (TPSA) is 39.9 Å². The van der Waals surface area contributed by atoms with Gasteiger partial charge in [0.05, 0.1) is 17.3 Å². The summed E-state index contributed by atoms with van der Waals surface area (Å²) in [5, 5.41) is 9.44. The second-order valence-corrected chi connectivity index (χ2v) is 5.33. The van der Waals surface area contributed by atoms with Gasteiger partial charge in [0, 0.05) is 30.5 Å². The number of rotatable bonds is 1. The Hall–Kier alpha value is -2.34. The first-order valence-electron chi connectivity index (χ1n) is 6.91. The lowest BCUT2D eigenvalue weighted by Gasteiger charge is -2.28. The second-order valence-electron chi connectivity index (χ2n) is 5.33. The second kappa shape index (κ2) is 4.97. The Morgan fingerprint density at radius 2 is 2.15 bits per heavy atom. The molecule has 3 nitrogen and oxygen atoms in total. The van der Waals surface area contributed by atoms with E-state index in [1.165, 1.54) is 11.3 Å². The molecule has 0 aliphatic carbocycles. The Kier molecular flexibility index (Phi) is 3.15. The molecule has 1 aromatic heterocycles. The summed E-state index contributed by atoms with van der Waals surface area (Å²) >= 11 is 0.